The summed E-state index contributed by atoms with van der Waals surface area (Å²) in [6.07, 6.45) is 1.95. The van der Waals surface area contributed by atoms with Crippen molar-refractivity contribution in [1.82, 2.24) is 5.43 Å². The first-order valence-electron chi connectivity index (χ1n) is 5.85. The Balaban J connectivity index is 2.40. The monoisotopic (exact) mass is 222 g/mol. The zero-order valence-corrected chi connectivity index (χ0v) is 10.2. The van der Waals surface area contributed by atoms with Crippen molar-refractivity contribution in [2.75, 3.05) is 13.2 Å². The predicted octanol–water partition coefficient (Wildman–Crippen LogP) is 1.80. The van der Waals surface area contributed by atoms with E-state index in [4.69, 9.17) is 10.6 Å². The van der Waals surface area contributed by atoms with Gasteiger partial charge in [0, 0.05) is 12.6 Å². The Kier molecular flexibility index (Phi) is 6.08. The SMILES string of the molecule is CCCOCC(Cc1ccc(C)cc1)NN. The molecule has 0 bridgehead atoms. The van der Waals surface area contributed by atoms with Crippen LogP contribution in [0, 0.1) is 6.92 Å². The second-order valence-corrected chi connectivity index (χ2v) is 4.13. The molecule has 1 aromatic rings. The summed E-state index contributed by atoms with van der Waals surface area (Å²) in [5, 5.41) is 0. The number of nitrogens with two attached hydrogens (primary N) is 1. The summed E-state index contributed by atoms with van der Waals surface area (Å²) in [5.41, 5.74) is 5.37. The van der Waals surface area contributed by atoms with E-state index in [2.05, 4.69) is 43.5 Å². The van der Waals surface area contributed by atoms with Crippen molar-refractivity contribution >= 4 is 0 Å². The molecule has 1 rings (SSSR count). The molecule has 3 nitrogen and oxygen atoms in total. The van der Waals surface area contributed by atoms with Crippen molar-refractivity contribution in [1.29, 1.82) is 0 Å². The van der Waals surface area contributed by atoms with Crippen LogP contribution in [0.15, 0.2) is 24.3 Å². The maximum absolute atomic E-state index is 5.50. The first-order valence-corrected chi connectivity index (χ1v) is 5.85. The van der Waals surface area contributed by atoms with Crippen LogP contribution >= 0.6 is 0 Å². The van der Waals surface area contributed by atoms with Gasteiger partial charge in [0.25, 0.3) is 0 Å². The van der Waals surface area contributed by atoms with Crippen molar-refractivity contribution in [2.45, 2.75) is 32.7 Å². The number of ether oxygens (including phenoxy) is 1. The summed E-state index contributed by atoms with van der Waals surface area (Å²) in [7, 11) is 0. The van der Waals surface area contributed by atoms with E-state index in [9.17, 15) is 0 Å². The van der Waals surface area contributed by atoms with Gasteiger partial charge in [0.15, 0.2) is 0 Å². The fourth-order valence-electron chi connectivity index (χ4n) is 1.54. The molecule has 1 unspecified atom stereocenters. The highest BCUT2D eigenvalue weighted by atomic mass is 16.5. The molecule has 3 heteroatoms. The molecule has 1 aromatic carbocycles. The fraction of sp³-hybridized carbons (Fsp3) is 0.538. The maximum Gasteiger partial charge on any atom is 0.0636 e. The van der Waals surface area contributed by atoms with E-state index in [0.717, 1.165) is 19.4 Å². The molecule has 0 aliphatic heterocycles. The van der Waals surface area contributed by atoms with Crippen LogP contribution in [0.3, 0.4) is 0 Å². The molecule has 16 heavy (non-hydrogen) atoms. The standard InChI is InChI=1S/C13H22N2O/c1-3-8-16-10-13(15-14)9-12-6-4-11(2)5-7-12/h4-7,13,15H,3,8-10,14H2,1-2H3. The summed E-state index contributed by atoms with van der Waals surface area (Å²) in [6, 6.07) is 8.71. The van der Waals surface area contributed by atoms with Gasteiger partial charge in [0.05, 0.1) is 6.61 Å². The van der Waals surface area contributed by atoms with E-state index in [1.54, 1.807) is 0 Å². The Morgan fingerprint density at radius 3 is 2.56 bits per heavy atom. The zero-order valence-electron chi connectivity index (χ0n) is 10.2. The van der Waals surface area contributed by atoms with Crippen molar-refractivity contribution in [3.05, 3.63) is 35.4 Å². The third-order valence-corrected chi connectivity index (χ3v) is 2.51. The van der Waals surface area contributed by atoms with Crippen LogP contribution in [0.1, 0.15) is 24.5 Å². The highest BCUT2D eigenvalue weighted by Crippen LogP contribution is 2.06. The van der Waals surface area contributed by atoms with Crippen molar-refractivity contribution in [3.63, 3.8) is 0 Å². The lowest BCUT2D eigenvalue weighted by molar-refractivity contribution is 0.112. The molecule has 0 heterocycles. The van der Waals surface area contributed by atoms with Gasteiger partial charge in [-0.2, -0.15) is 0 Å². The van der Waals surface area contributed by atoms with Gasteiger partial charge in [0.1, 0.15) is 0 Å². The molecule has 0 saturated heterocycles. The summed E-state index contributed by atoms with van der Waals surface area (Å²) in [4.78, 5) is 0. The Hall–Kier alpha value is -0.900. The number of hydrogen-bond acceptors (Lipinski definition) is 3. The first kappa shape index (κ1) is 13.2. The Morgan fingerprint density at radius 1 is 1.31 bits per heavy atom. The predicted molar refractivity (Wildman–Crippen MR) is 67.1 cm³/mol. The van der Waals surface area contributed by atoms with Gasteiger partial charge in [-0.1, -0.05) is 36.8 Å². The Morgan fingerprint density at radius 2 is 2.00 bits per heavy atom. The molecule has 0 aliphatic rings. The van der Waals surface area contributed by atoms with Crippen molar-refractivity contribution in [3.8, 4) is 0 Å². The smallest absolute Gasteiger partial charge is 0.0636 e. The second-order valence-electron chi connectivity index (χ2n) is 4.13. The normalized spacial score (nSPS) is 12.7. The number of benzene rings is 1. The highest BCUT2D eigenvalue weighted by molar-refractivity contribution is 5.22. The maximum atomic E-state index is 5.50. The lowest BCUT2D eigenvalue weighted by atomic mass is 10.1. The molecular weight excluding hydrogens is 200 g/mol. The summed E-state index contributed by atoms with van der Waals surface area (Å²) in [5.74, 6) is 5.50. The molecule has 0 amide bonds. The van der Waals surface area contributed by atoms with E-state index >= 15 is 0 Å². The molecule has 1 atom stereocenters. The van der Waals surface area contributed by atoms with Crippen LogP contribution in [0.5, 0.6) is 0 Å². The molecule has 0 saturated carbocycles. The lowest BCUT2D eigenvalue weighted by Gasteiger charge is -2.16. The van der Waals surface area contributed by atoms with Gasteiger partial charge in [-0.3, -0.25) is 11.3 Å². The van der Waals surface area contributed by atoms with Crippen LogP contribution in [-0.4, -0.2) is 19.3 Å². The van der Waals surface area contributed by atoms with E-state index in [0.29, 0.717) is 6.61 Å². The quantitative estimate of drug-likeness (QED) is 0.420. The Bertz CT molecular complexity index is 284. The third kappa shape index (κ3) is 4.75. The average Bonchev–Trinajstić information content (AvgIpc) is 2.31. The largest absolute Gasteiger partial charge is 0.380 e. The molecule has 0 spiro atoms. The summed E-state index contributed by atoms with van der Waals surface area (Å²) < 4.78 is 5.49. The van der Waals surface area contributed by atoms with Crippen molar-refractivity contribution < 1.29 is 4.74 Å². The van der Waals surface area contributed by atoms with Gasteiger partial charge >= 0.3 is 0 Å². The van der Waals surface area contributed by atoms with Gasteiger partial charge in [-0.05, 0) is 25.3 Å². The molecule has 0 aliphatic carbocycles. The van der Waals surface area contributed by atoms with Crippen LogP contribution in [0.2, 0.25) is 0 Å². The molecule has 0 aromatic heterocycles. The topological polar surface area (TPSA) is 47.3 Å². The number of rotatable bonds is 7. The number of hydrogen-bond donors (Lipinski definition) is 2. The van der Waals surface area contributed by atoms with Gasteiger partial charge in [0.2, 0.25) is 0 Å². The highest BCUT2D eigenvalue weighted by Gasteiger charge is 2.07. The van der Waals surface area contributed by atoms with Crippen LogP contribution in [0.4, 0.5) is 0 Å². The second kappa shape index (κ2) is 7.39. The van der Waals surface area contributed by atoms with E-state index < -0.39 is 0 Å². The van der Waals surface area contributed by atoms with Crippen molar-refractivity contribution in [2.24, 2.45) is 5.84 Å². The van der Waals surface area contributed by atoms with Crippen LogP contribution in [-0.2, 0) is 11.2 Å². The molecular formula is C13H22N2O. The number of aryl methyl sites for hydroxylation is 1. The molecule has 90 valence electrons. The van der Waals surface area contributed by atoms with E-state index in [1.165, 1.54) is 11.1 Å². The van der Waals surface area contributed by atoms with E-state index in [1.807, 2.05) is 0 Å². The number of hydrazine groups is 1. The summed E-state index contributed by atoms with van der Waals surface area (Å²) >= 11 is 0. The number of nitrogens with one attached hydrogen (secondary N) is 1. The third-order valence-electron chi connectivity index (χ3n) is 2.51. The lowest BCUT2D eigenvalue weighted by Crippen LogP contribution is -2.40. The minimum Gasteiger partial charge on any atom is -0.380 e. The van der Waals surface area contributed by atoms with Crippen LogP contribution < -0.4 is 11.3 Å². The average molecular weight is 222 g/mol. The molecule has 0 radical (unpaired) electrons. The van der Waals surface area contributed by atoms with Gasteiger partial charge in [-0.25, -0.2) is 0 Å². The van der Waals surface area contributed by atoms with Gasteiger partial charge < -0.3 is 4.74 Å². The molecule has 0 fully saturated rings. The van der Waals surface area contributed by atoms with Crippen LogP contribution in [0.25, 0.3) is 0 Å². The fourth-order valence-corrected chi connectivity index (χ4v) is 1.54. The van der Waals surface area contributed by atoms with E-state index in [-0.39, 0.29) is 6.04 Å². The molecule has 3 N–H and O–H groups in total. The first-order chi connectivity index (χ1) is 7.76. The minimum absolute atomic E-state index is 0.189. The summed E-state index contributed by atoms with van der Waals surface area (Å²) in [6.45, 7) is 5.65. The zero-order chi connectivity index (χ0) is 11.8. The Labute approximate surface area is 98.0 Å². The van der Waals surface area contributed by atoms with Gasteiger partial charge in [-0.15, -0.1) is 0 Å². The minimum atomic E-state index is 0.189.